The number of aryl methyl sites for hydroxylation is 1. The van der Waals surface area contributed by atoms with Crippen LogP contribution in [-0.2, 0) is 6.54 Å². The van der Waals surface area contributed by atoms with Crippen molar-refractivity contribution >= 4 is 17.3 Å². The Morgan fingerprint density at radius 1 is 1.43 bits per heavy atom. The van der Waals surface area contributed by atoms with E-state index >= 15 is 0 Å². The third-order valence-corrected chi connectivity index (χ3v) is 3.53. The SMILES string of the molecule is CCCn1ncc(NC(C)c2ccccc2F)c(Cl)c1=O. The second-order valence-electron chi connectivity index (χ2n) is 4.79. The maximum Gasteiger partial charge on any atom is 0.287 e. The molecule has 1 N–H and O–H groups in total. The predicted molar refractivity (Wildman–Crippen MR) is 82.2 cm³/mol. The molecule has 4 nitrogen and oxygen atoms in total. The normalized spacial score (nSPS) is 12.2. The van der Waals surface area contributed by atoms with Crippen LogP contribution in [0.25, 0.3) is 0 Å². The first-order valence-electron chi connectivity index (χ1n) is 6.81. The van der Waals surface area contributed by atoms with Crippen LogP contribution < -0.4 is 10.9 Å². The smallest absolute Gasteiger partial charge is 0.287 e. The molecule has 1 heterocycles. The van der Waals surface area contributed by atoms with E-state index in [4.69, 9.17) is 11.6 Å². The number of nitrogens with zero attached hydrogens (tertiary/aromatic N) is 2. The number of nitrogens with one attached hydrogen (secondary N) is 1. The summed E-state index contributed by atoms with van der Waals surface area (Å²) in [5, 5.41) is 7.16. The Kier molecular flexibility index (Phi) is 4.96. The molecule has 1 unspecified atom stereocenters. The number of halogens is 2. The first kappa shape index (κ1) is 15.5. The van der Waals surface area contributed by atoms with Crippen LogP contribution in [0.3, 0.4) is 0 Å². The van der Waals surface area contributed by atoms with Crippen LogP contribution in [0.15, 0.2) is 35.3 Å². The molecule has 0 aliphatic rings. The third kappa shape index (κ3) is 3.42. The Bertz CT molecular complexity index is 687. The molecule has 112 valence electrons. The summed E-state index contributed by atoms with van der Waals surface area (Å²) in [6.07, 6.45) is 2.29. The van der Waals surface area contributed by atoms with Crippen molar-refractivity contribution in [3.05, 3.63) is 57.2 Å². The zero-order chi connectivity index (χ0) is 15.4. The van der Waals surface area contributed by atoms with Crippen molar-refractivity contribution in [1.82, 2.24) is 9.78 Å². The average Bonchev–Trinajstić information content (AvgIpc) is 2.47. The highest BCUT2D eigenvalue weighted by atomic mass is 35.5. The lowest BCUT2D eigenvalue weighted by atomic mass is 10.1. The minimum Gasteiger partial charge on any atom is -0.376 e. The van der Waals surface area contributed by atoms with E-state index in [2.05, 4.69) is 10.4 Å². The summed E-state index contributed by atoms with van der Waals surface area (Å²) in [5.41, 5.74) is 0.570. The van der Waals surface area contributed by atoms with Gasteiger partial charge in [-0.25, -0.2) is 9.07 Å². The van der Waals surface area contributed by atoms with E-state index in [1.54, 1.807) is 25.1 Å². The Morgan fingerprint density at radius 3 is 2.81 bits per heavy atom. The molecule has 0 saturated heterocycles. The molecule has 0 aliphatic carbocycles. The molecular formula is C15H17ClFN3O. The molecule has 2 rings (SSSR count). The lowest BCUT2D eigenvalue weighted by molar-refractivity contribution is 0.567. The molecule has 1 aromatic carbocycles. The minimum atomic E-state index is -0.343. The van der Waals surface area contributed by atoms with Crippen molar-refractivity contribution in [2.45, 2.75) is 32.9 Å². The second kappa shape index (κ2) is 6.72. The molecule has 2 aromatic rings. The summed E-state index contributed by atoms with van der Waals surface area (Å²) in [6, 6.07) is 6.15. The molecule has 0 fully saturated rings. The fourth-order valence-electron chi connectivity index (χ4n) is 2.07. The van der Waals surface area contributed by atoms with Crippen molar-refractivity contribution in [3.8, 4) is 0 Å². The average molecular weight is 310 g/mol. The predicted octanol–water partition coefficient (Wildman–Crippen LogP) is 3.62. The van der Waals surface area contributed by atoms with E-state index in [0.29, 0.717) is 17.8 Å². The highest BCUT2D eigenvalue weighted by Crippen LogP contribution is 2.24. The van der Waals surface area contributed by atoms with Gasteiger partial charge in [-0.3, -0.25) is 4.79 Å². The van der Waals surface area contributed by atoms with Crippen molar-refractivity contribution in [2.75, 3.05) is 5.32 Å². The Labute approximate surface area is 127 Å². The van der Waals surface area contributed by atoms with Crippen LogP contribution in [0.2, 0.25) is 5.02 Å². The Balaban J connectivity index is 2.26. The summed E-state index contributed by atoms with van der Waals surface area (Å²) in [6.45, 7) is 4.27. The number of hydrogen-bond donors (Lipinski definition) is 1. The highest BCUT2D eigenvalue weighted by molar-refractivity contribution is 6.32. The maximum absolute atomic E-state index is 13.7. The van der Waals surface area contributed by atoms with Crippen LogP contribution in [0.1, 0.15) is 31.9 Å². The standard InChI is InChI=1S/C15H17ClFN3O/c1-3-8-20-15(21)14(16)13(9-18-20)19-10(2)11-6-4-5-7-12(11)17/h4-7,9-10,19H,3,8H2,1-2H3. The van der Waals surface area contributed by atoms with Gasteiger partial charge in [-0.1, -0.05) is 36.7 Å². The van der Waals surface area contributed by atoms with Gasteiger partial charge in [0, 0.05) is 12.1 Å². The number of hydrogen-bond acceptors (Lipinski definition) is 3. The zero-order valence-electron chi connectivity index (χ0n) is 11.9. The molecule has 0 saturated carbocycles. The summed E-state index contributed by atoms with van der Waals surface area (Å²) < 4.78 is 15.1. The lowest BCUT2D eigenvalue weighted by Gasteiger charge is -2.17. The molecule has 0 radical (unpaired) electrons. The first-order chi connectivity index (χ1) is 10.0. The fraction of sp³-hybridized carbons (Fsp3) is 0.333. The van der Waals surface area contributed by atoms with Crippen LogP contribution >= 0.6 is 11.6 Å². The van der Waals surface area contributed by atoms with Gasteiger partial charge in [0.1, 0.15) is 10.8 Å². The van der Waals surface area contributed by atoms with Crippen molar-refractivity contribution in [1.29, 1.82) is 0 Å². The Morgan fingerprint density at radius 2 is 2.14 bits per heavy atom. The molecule has 0 aliphatic heterocycles. The van der Waals surface area contributed by atoms with Gasteiger partial charge in [0.15, 0.2) is 0 Å². The van der Waals surface area contributed by atoms with Gasteiger partial charge in [0.2, 0.25) is 0 Å². The van der Waals surface area contributed by atoms with Crippen molar-refractivity contribution in [2.24, 2.45) is 0 Å². The molecule has 0 spiro atoms. The number of anilines is 1. The van der Waals surface area contributed by atoms with E-state index in [9.17, 15) is 9.18 Å². The van der Waals surface area contributed by atoms with Crippen LogP contribution in [-0.4, -0.2) is 9.78 Å². The van der Waals surface area contributed by atoms with Gasteiger partial charge < -0.3 is 5.32 Å². The molecule has 1 atom stereocenters. The van der Waals surface area contributed by atoms with E-state index in [1.807, 2.05) is 6.92 Å². The molecule has 0 amide bonds. The first-order valence-corrected chi connectivity index (χ1v) is 7.19. The molecule has 0 bridgehead atoms. The van der Waals surface area contributed by atoms with Crippen LogP contribution in [0.4, 0.5) is 10.1 Å². The maximum atomic E-state index is 13.7. The monoisotopic (exact) mass is 309 g/mol. The van der Waals surface area contributed by atoms with Gasteiger partial charge >= 0.3 is 0 Å². The van der Waals surface area contributed by atoms with Gasteiger partial charge in [-0.05, 0) is 19.4 Å². The van der Waals surface area contributed by atoms with Crippen molar-refractivity contribution < 1.29 is 4.39 Å². The van der Waals surface area contributed by atoms with Gasteiger partial charge in [0.25, 0.3) is 5.56 Å². The largest absolute Gasteiger partial charge is 0.376 e. The molecule has 6 heteroatoms. The topological polar surface area (TPSA) is 46.9 Å². The van der Waals surface area contributed by atoms with Crippen LogP contribution in [0.5, 0.6) is 0 Å². The van der Waals surface area contributed by atoms with Crippen LogP contribution in [0, 0.1) is 5.82 Å². The van der Waals surface area contributed by atoms with Gasteiger partial charge in [-0.15, -0.1) is 0 Å². The van der Waals surface area contributed by atoms with E-state index in [0.717, 1.165) is 6.42 Å². The molecule has 1 aromatic heterocycles. The Hall–Kier alpha value is -1.88. The second-order valence-corrected chi connectivity index (χ2v) is 5.17. The fourth-order valence-corrected chi connectivity index (χ4v) is 2.27. The van der Waals surface area contributed by atoms with Crippen molar-refractivity contribution in [3.63, 3.8) is 0 Å². The van der Waals surface area contributed by atoms with Gasteiger partial charge in [-0.2, -0.15) is 5.10 Å². The number of aromatic nitrogens is 2. The summed E-state index contributed by atoms with van der Waals surface area (Å²) in [7, 11) is 0. The van der Waals surface area contributed by atoms with Gasteiger partial charge in [0.05, 0.1) is 17.9 Å². The summed E-state index contributed by atoms with van der Waals surface area (Å²) >= 11 is 6.08. The molecular weight excluding hydrogens is 293 g/mol. The molecule has 21 heavy (non-hydrogen) atoms. The third-order valence-electron chi connectivity index (χ3n) is 3.16. The van der Waals surface area contributed by atoms with E-state index in [-0.39, 0.29) is 22.4 Å². The zero-order valence-corrected chi connectivity index (χ0v) is 12.7. The lowest BCUT2D eigenvalue weighted by Crippen LogP contribution is -2.24. The quantitative estimate of drug-likeness (QED) is 0.917. The number of rotatable bonds is 5. The van der Waals surface area contributed by atoms with E-state index in [1.165, 1.54) is 16.9 Å². The highest BCUT2D eigenvalue weighted by Gasteiger charge is 2.14. The summed E-state index contributed by atoms with van der Waals surface area (Å²) in [4.78, 5) is 12.0. The summed E-state index contributed by atoms with van der Waals surface area (Å²) in [5.74, 6) is -0.305. The number of benzene rings is 1. The van der Waals surface area contributed by atoms with E-state index < -0.39 is 0 Å². The minimum absolute atomic E-state index is 0.0710.